The molecule has 0 N–H and O–H groups in total. The lowest BCUT2D eigenvalue weighted by molar-refractivity contribution is -0.137. The molecule has 0 atom stereocenters. The Kier molecular flexibility index (Phi) is 2.28. The molecule has 1 rings (SSSR count). The average Bonchev–Trinajstić information content (AvgIpc) is 1.92. The van der Waals surface area contributed by atoms with Crippen molar-refractivity contribution in [2.45, 2.75) is 6.18 Å². The van der Waals surface area contributed by atoms with Gasteiger partial charge in [0.15, 0.2) is 0 Å². The minimum absolute atomic E-state index is 0.515. The molecule has 0 aliphatic heterocycles. The Morgan fingerprint density at radius 2 is 1.92 bits per heavy atom. The molecule has 1 aromatic carbocycles. The average molecular weight is 198 g/mol. The second kappa shape index (κ2) is 2.94. The van der Waals surface area contributed by atoms with Gasteiger partial charge in [-0.2, -0.15) is 13.2 Å². The minimum atomic E-state index is -4.51. The molecule has 0 nitrogen and oxygen atoms in total. The third-order valence-corrected chi connectivity index (χ3v) is 1.45. The number of alkyl halides is 3. The van der Waals surface area contributed by atoms with Gasteiger partial charge in [0.2, 0.25) is 0 Å². The second-order valence-electron chi connectivity index (χ2n) is 2.05. The summed E-state index contributed by atoms with van der Waals surface area (Å²) in [4.78, 5) is 0. The van der Waals surface area contributed by atoms with Crippen LogP contribution < -0.4 is 0 Å². The molecule has 1 aromatic rings. The molecule has 0 unspecified atom stereocenters. The Morgan fingerprint density at radius 3 is 2.33 bits per heavy atom. The van der Waals surface area contributed by atoms with Crippen LogP contribution in [0, 0.1) is 11.9 Å². The van der Waals surface area contributed by atoms with Crippen LogP contribution in [0.15, 0.2) is 12.1 Å². The third kappa shape index (κ3) is 1.88. The van der Waals surface area contributed by atoms with E-state index in [0.717, 1.165) is 0 Å². The van der Waals surface area contributed by atoms with E-state index in [4.69, 9.17) is 11.6 Å². The van der Waals surface area contributed by atoms with E-state index < -0.39 is 22.6 Å². The lowest BCUT2D eigenvalue weighted by Gasteiger charge is -2.05. The van der Waals surface area contributed by atoms with Gasteiger partial charge >= 0.3 is 6.18 Å². The highest BCUT2D eigenvalue weighted by atomic mass is 35.5. The van der Waals surface area contributed by atoms with Crippen molar-refractivity contribution in [3.63, 3.8) is 0 Å². The largest absolute Gasteiger partial charge is 0.416 e. The van der Waals surface area contributed by atoms with Crippen LogP contribution in [0.25, 0.3) is 0 Å². The zero-order valence-electron chi connectivity index (χ0n) is 5.54. The molecule has 5 heteroatoms. The van der Waals surface area contributed by atoms with Crippen LogP contribution in [0.1, 0.15) is 5.56 Å². The third-order valence-electron chi connectivity index (χ3n) is 1.17. The summed E-state index contributed by atoms with van der Waals surface area (Å²) in [5, 5.41) is -0.579. The predicted molar refractivity (Wildman–Crippen MR) is 35.2 cm³/mol. The fourth-order valence-corrected chi connectivity index (χ4v) is 0.787. The quantitative estimate of drug-likeness (QED) is 0.560. The number of rotatable bonds is 0. The van der Waals surface area contributed by atoms with Gasteiger partial charge in [-0.15, -0.1) is 0 Å². The summed E-state index contributed by atoms with van der Waals surface area (Å²) in [5.74, 6) is -0.982. The molecule has 0 spiro atoms. The minimum Gasteiger partial charge on any atom is -0.205 e. The normalized spacial score (nSPS) is 11.8. The molecule has 0 aliphatic carbocycles. The molecule has 0 heterocycles. The summed E-state index contributed by atoms with van der Waals surface area (Å²) in [7, 11) is 0. The van der Waals surface area contributed by atoms with Crippen LogP contribution in [-0.2, 0) is 6.18 Å². The molecule has 0 saturated heterocycles. The SMILES string of the molecule is Fc1[c]cc(C(F)(F)F)cc1Cl. The van der Waals surface area contributed by atoms with Crippen molar-refractivity contribution in [3.05, 3.63) is 34.6 Å². The Morgan fingerprint density at radius 1 is 1.33 bits per heavy atom. The van der Waals surface area contributed by atoms with Crippen LogP contribution in [0.2, 0.25) is 5.02 Å². The van der Waals surface area contributed by atoms with E-state index in [9.17, 15) is 17.6 Å². The van der Waals surface area contributed by atoms with Crippen LogP contribution in [0.3, 0.4) is 0 Å². The highest BCUT2D eigenvalue weighted by Crippen LogP contribution is 2.31. The first-order valence-corrected chi connectivity index (χ1v) is 3.23. The summed E-state index contributed by atoms with van der Waals surface area (Å²) in [5.41, 5.74) is -1.01. The Hall–Kier alpha value is -0.770. The van der Waals surface area contributed by atoms with E-state index in [0.29, 0.717) is 12.1 Å². The van der Waals surface area contributed by atoms with Gasteiger partial charge in [-0.3, -0.25) is 0 Å². The van der Waals surface area contributed by atoms with E-state index in [-0.39, 0.29) is 0 Å². The molecule has 0 aliphatic rings. The van der Waals surface area contributed by atoms with Gasteiger partial charge in [0.1, 0.15) is 5.82 Å². The summed E-state index contributed by atoms with van der Waals surface area (Å²) >= 11 is 5.11. The van der Waals surface area contributed by atoms with E-state index >= 15 is 0 Å². The smallest absolute Gasteiger partial charge is 0.205 e. The fraction of sp³-hybridized carbons (Fsp3) is 0.143. The molecule has 0 aromatic heterocycles. The number of benzene rings is 1. The van der Waals surface area contributed by atoms with Gasteiger partial charge in [-0.05, 0) is 12.1 Å². The molecule has 65 valence electrons. The molecule has 0 saturated carbocycles. The highest BCUT2D eigenvalue weighted by molar-refractivity contribution is 6.30. The van der Waals surface area contributed by atoms with Crippen molar-refractivity contribution >= 4 is 11.6 Å². The van der Waals surface area contributed by atoms with E-state index in [1.165, 1.54) is 0 Å². The Balaban J connectivity index is 3.14. The van der Waals surface area contributed by atoms with Gasteiger partial charge in [0.05, 0.1) is 10.6 Å². The standard InChI is InChI=1S/C7H2ClF4/c8-5-3-4(7(10,11)12)1-2-6(5)9/h1,3H. The molecule has 0 amide bonds. The van der Waals surface area contributed by atoms with Crippen LogP contribution in [-0.4, -0.2) is 0 Å². The van der Waals surface area contributed by atoms with Crippen molar-refractivity contribution < 1.29 is 17.6 Å². The van der Waals surface area contributed by atoms with Crippen molar-refractivity contribution in [2.24, 2.45) is 0 Å². The molecule has 1 radical (unpaired) electrons. The monoisotopic (exact) mass is 197 g/mol. The molecular weight excluding hydrogens is 196 g/mol. The zero-order chi connectivity index (χ0) is 9.35. The van der Waals surface area contributed by atoms with Crippen LogP contribution >= 0.6 is 11.6 Å². The van der Waals surface area contributed by atoms with Crippen molar-refractivity contribution in [2.75, 3.05) is 0 Å². The maximum Gasteiger partial charge on any atom is 0.416 e. The first-order valence-electron chi connectivity index (χ1n) is 2.85. The summed E-state index contributed by atoms with van der Waals surface area (Å²) in [6.45, 7) is 0. The molecule has 0 bridgehead atoms. The number of hydrogen-bond donors (Lipinski definition) is 0. The second-order valence-corrected chi connectivity index (χ2v) is 2.46. The molecule has 0 fully saturated rings. The predicted octanol–water partition coefficient (Wildman–Crippen LogP) is 3.30. The molecular formula is C7H2ClF4. The lowest BCUT2D eigenvalue weighted by Crippen LogP contribution is -2.04. The molecule has 12 heavy (non-hydrogen) atoms. The van der Waals surface area contributed by atoms with Gasteiger partial charge in [0, 0.05) is 6.07 Å². The Labute approximate surface area is 70.8 Å². The first-order chi connectivity index (χ1) is 5.41. The van der Waals surface area contributed by atoms with Gasteiger partial charge in [-0.1, -0.05) is 11.6 Å². The van der Waals surface area contributed by atoms with E-state index in [1.54, 1.807) is 6.07 Å². The van der Waals surface area contributed by atoms with Crippen molar-refractivity contribution in [1.29, 1.82) is 0 Å². The lowest BCUT2D eigenvalue weighted by atomic mass is 10.2. The fourth-order valence-electron chi connectivity index (χ4n) is 0.615. The number of halogens is 5. The van der Waals surface area contributed by atoms with Crippen LogP contribution in [0.4, 0.5) is 17.6 Å². The van der Waals surface area contributed by atoms with Crippen LogP contribution in [0.5, 0.6) is 0 Å². The van der Waals surface area contributed by atoms with Crippen molar-refractivity contribution in [3.8, 4) is 0 Å². The zero-order valence-corrected chi connectivity index (χ0v) is 6.30. The number of hydrogen-bond acceptors (Lipinski definition) is 0. The summed E-state index contributed by atoms with van der Waals surface area (Å²) < 4.78 is 48.0. The van der Waals surface area contributed by atoms with Gasteiger partial charge in [-0.25, -0.2) is 4.39 Å². The van der Waals surface area contributed by atoms with Gasteiger partial charge in [0.25, 0.3) is 0 Å². The maximum absolute atomic E-state index is 12.3. The maximum atomic E-state index is 12.3. The van der Waals surface area contributed by atoms with E-state index in [2.05, 4.69) is 0 Å². The van der Waals surface area contributed by atoms with Gasteiger partial charge < -0.3 is 0 Å². The highest BCUT2D eigenvalue weighted by Gasteiger charge is 2.30. The van der Waals surface area contributed by atoms with E-state index in [1.807, 2.05) is 0 Å². The topological polar surface area (TPSA) is 0 Å². The first kappa shape index (κ1) is 9.32. The Bertz CT molecular complexity index is 292. The van der Waals surface area contributed by atoms with Crippen molar-refractivity contribution in [1.82, 2.24) is 0 Å². The summed E-state index contributed by atoms with van der Waals surface area (Å²) in [6.07, 6.45) is -4.51. The summed E-state index contributed by atoms with van der Waals surface area (Å²) in [6, 6.07) is 2.79.